The molecule has 23 heavy (non-hydrogen) atoms. The van der Waals surface area contributed by atoms with Gasteiger partial charge in [0.1, 0.15) is 6.10 Å². The second-order valence-electron chi connectivity index (χ2n) is 6.55. The minimum Gasteiger partial charge on any atom is -0.386 e. The molecule has 0 aliphatic carbocycles. The molecule has 5 heteroatoms. The summed E-state index contributed by atoms with van der Waals surface area (Å²) in [5, 5.41) is 15.5. The second kappa shape index (κ2) is 4.55. The van der Waals surface area contributed by atoms with E-state index in [9.17, 15) is 5.11 Å². The molecular weight excluding hydrogens is 288 g/mol. The Bertz CT molecular complexity index is 894. The van der Waals surface area contributed by atoms with Crippen LogP contribution in [0.5, 0.6) is 0 Å². The minimum absolute atomic E-state index is 0.134. The van der Waals surface area contributed by atoms with Gasteiger partial charge in [-0.05, 0) is 25.0 Å². The van der Waals surface area contributed by atoms with E-state index in [1.165, 1.54) is 11.1 Å². The number of imidazole rings is 1. The lowest BCUT2D eigenvalue weighted by molar-refractivity contribution is 0.0525. The maximum atomic E-state index is 11.0. The lowest BCUT2D eigenvalue weighted by Gasteiger charge is -2.34. The van der Waals surface area contributed by atoms with E-state index in [4.69, 9.17) is 0 Å². The van der Waals surface area contributed by atoms with Crippen molar-refractivity contribution in [3.8, 4) is 11.3 Å². The van der Waals surface area contributed by atoms with Crippen LogP contribution in [-0.4, -0.2) is 24.4 Å². The van der Waals surface area contributed by atoms with Gasteiger partial charge in [-0.15, -0.1) is 0 Å². The van der Waals surface area contributed by atoms with Crippen LogP contribution in [0.1, 0.15) is 35.5 Å². The fraction of sp³-hybridized carbons (Fsp3) is 0.333. The van der Waals surface area contributed by atoms with Crippen LogP contribution in [0, 0.1) is 12.8 Å². The molecule has 5 nitrogen and oxygen atoms in total. The van der Waals surface area contributed by atoms with Gasteiger partial charge in [0.15, 0.2) is 0 Å². The summed E-state index contributed by atoms with van der Waals surface area (Å²) >= 11 is 0. The van der Waals surface area contributed by atoms with E-state index in [1.54, 1.807) is 0 Å². The van der Waals surface area contributed by atoms with Gasteiger partial charge in [-0.3, -0.25) is 4.68 Å². The molecule has 3 atom stereocenters. The average Bonchev–Trinajstić information content (AvgIpc) is 3.22. The smallest absolute Gasteiger partial charge is 0.101 e. The van der Waals surface area contributed by atoms with Crippen molar-refractivity contribution in [3.05, 3.63) is 59.8 Å². The maximum absolute atomic E-state index is 11.0. The predicted molar refractivity (Wildman–Crippen MR) is 85.8 cm³/mol. The van der Waals surface area contributed by atoms with Crippen LogP contribution in [0.3, 0.4) is 0 Å². The number of hydrogen-bond donors (Lipinski definition) is 1. The van der Waals surface area contributed by atoms with Crippen LogP contribution < -0.4 is 0 Å². The number of hydrogen-bond acceptors (Lipinski definition) is 3. The quantitative estimate of drug-likeness (QED) is 0.752. The fourth-order valence-electron chi connectivity index (χ4n) is 4.27. The Morgan fingerprint density at radius 1 is 1.26 bits per heavy atom. The number of aliphatic hydroxyl groups is 1. The van der Waals surface area contributed by atoms with E-state index in [0.717, 1.165) is 30.0 Å². The Balaban J connectivity index is 1.63. The Morgan fingerprint density at radius 3 is 3.04 bits per heavy atom. The van der Waals surface area contributed by atoms with Gasteiger partial charge >= 0.3 is 0 Å². The number of aliphatic hydroxyl groups excluding tert-OH is 1. The van der Waals surface area contributed by atoms with Crippen molar-refractivity contribution in [2.75, 3.05) is 0 Å². The van der Waals surface area contributed by atoms with Crippen molar-refractivity contribution in [1.29, 1.82) is 0 Å². The van der Waals surface area contributed by atoms with Gasteiger partial charge in [0.05, 0.1) is 35.6 Å². The lowest BCUT2D eigenvalue weighted by atomic mass is 9.83. The third-order valence-corrected chi connectivity index (χ3v) is 5.24. The van der Waals surface area contributed by atoms with Gasteiger partial charge < -0.3 is 9.67 Å². The van der Waals surface area contributed by atoms with Gasteiger partial charge in [-0.2, -0.15) is 5.10 Å². The predicted octanol–water partition coefficient (Wildman–Crippen LogP) is 2.71. The molecule has 2 aliphatic rings. The molecule has 1 unspecified atom stereocenters. The van der Waals surface area contributed by atoms with E-state index in [2.05, 4.69) is 38.9 Å². The molecule has 2 aliphatic heterocycles. The van der Waals surface area contributed by atoms with Gasteiger partial charge in [0, 0.05) is 18.0 Å². The van der Waals surface area contributed by atoms with Crippen molar-refractivity contribution < 1.29 is 5.11 Å². The van der Waals surface area contributed by atoms with Gasteiger partial charge in [0.25, 0.3) is 0 Å². The van der Waals surface area contributed by atoms with E-state index >= 15 is 0 Å². The molecule has 0 bridgehead atoms. The molecular formula is C18H18N4O. The fourth-order valence-corrected chi connectivity index (χ4v) is 4.27. The topological polar surface area (TPSA) is 55.9 Å². The third kappa shape index (κ3) is 1.71. The molecule has 0 saturated heterocycles. The van der Waals surface area contributed by atoms with E-state index < -0.39 is 6.10 Å². The Hall–Kier alpha value is -2.40. The third-order valence-electron chi connectivity index (χ3n) is 5.24. The number of aromatic nitrogens is 4. The largest absolute Gasteiger partial charge is 0.386 e. The summed E-state index contributed by atoms with van der Waals surface area (Å²) in [6.07, 6.45) is 4.22. The van der Waals surface area contributed by atoms with Gasteiger partial charge in [0.2, 0.25) is 0 Å². The minimum atomic E-state index is -0.503. The first-order valence-corrected chi connectivity index (χ1v) is 8.07. The van der Waals surface area contributed by atoms with Crippen LogP contribution in [0.2, 0.25) is 0 Å². The maximum Gasteiger partial charge on any atom is 0.101 e. The van der Waals surface area contributed by atoms with E-state index in [-0.39, 0.29) is 12.0 Å². The summed E-state index contributed by atoms with van der Waals surface area (Å²) in [5.74, 6) is 0.134. The van der Waals surface area contributed by atoms with Gasteiger partial charge in [-0.25, -0.2) is 4.98 Å². The van der Waals surface area contributed by atoms with Gasteiger partial charge in [-0.1, -0.05) is 24.3 Å². The van der Waals surface area contributed by atoms with Crippen molar-refractivity contribution in [2.24, 2.45) is 5.92 Å². The van der Waals surface area contributed by atoms with Crippen molar-refractivity contribution in [3.63, 3.8) is 0 Å². The molecule has 0 saturated carbocycles. The summed E-state index contributed by atoms with van der Waals surface area (Å²) in [6, 6.07) is 10.6. The van der Waals surface area contributed by atoms with Crippen molar-refractivity contribution >= 4 is 0 Å². The zero-order valence-corrected chi connectivity index (χ0v) is 12.9. The highest BCUT2D eigenvalue weighted by molar-refractivity contribution is 5.69. The second-order valence-corrected chi connectivity index (χ2v) is 6.55. The Kier molecular flexibility index (Phi) is 2.59. The average molecular weight is 306 g/mol. The highest BCUT2D eigenvalue weighted by Gasteiger charge is 2.40. The SMILES string of the molecule is Cc1cc2n(n1)CCC([C@H]1c3ccccc3-c3cncn31)[C@@H]2O. The van der Waals surface area contributed by atoms with E-state index in [1.807, 2.05) is 30.2 Å². The summed E-state index contributed by atoms with van der Waals surface area (Å²) in [7, 11) is 0. The highest BCUT2D eigenvalue weighted by atomic mass is 16.3. The first-order chi connectivity index (χ1) is 11.2. The first kappa shape index (κ1) is 13.1. The number of nitrogens with zero attached hydrogens (tertiary/aromatic N) is 4. The molecule has 116 valence electrons. The van der Waals surface area contributed by atoms with Crippen LogP contribution in [0.15, 0.2) is 42.9 Å². The van der Waals surface area contributed by atoms with Crippen LogP contribution in [0.25, 0.3) is 11.3 Å². The Morgan fingerprint density at radius 2 is 2.13 bits per heavy atom. The normalized spacial score (nSPS) is 25.0. The van der Waals surface area contributed by atoms with Crippen molar-refractivity contribution in [1.82, 2.24) is 19.3 Å². The first-order valence-electron chi connectivity index (χ1n) is 8.07. The van der Waals surface area contributed by atoms with E-state index in [0.29, 0.717) is 0 Å². The zero-order valence-electron chi connectivity index (χ0n) is 12.9. The molecule has 0 radical (unpaired) electrons. The highest BCUT2D eigenvalue weighted by Crippen LogP contribution is 2.48. The standard InChI is InChI=1S/C18H18N4O/c1-11-8-15-18(23)14(6-7-22(15)20-11)17-13-5-3-2-4-12(13)16-9-19-10-21(16)17/h2-5,8-10,14,17-18,23H,6-7H2,1H3/t14?,17-,18+/m1/s1. The molecule has 0 fully saturated rings. The molecule has 2 aromatic heterocycles. The Labute approximate surface area is 134 Å². The van der Waals surface area contributed by atoms with Crippen LogP contribution >= 0.6 is 0 Å². The lowest BCUT2D eigenvalue weighted by Crippen LogP contribution is -2.31. The van der Waals surface area contributed by atoms with Crippen LogP contribution in [-0.2, 0) is 6.54 Å². The number of fused-ring (bicyclic) bond motifs is 4. The molecule has 4 heterocycles. The molecule has 5 rings (SSSR count). The summed E-state index contributed by atoms with van der Waals surface area (Å²) in [6.45, 7) is 2.83. The molecule has 0 spiro atoms. The molecule has 1 aromatic carbocycles. The van der Waals surface area contributed by atoms with Crippen LogP contribution in [0.4, 0.5) is 0 Å². The molecule has 1 N–H and O–H groups in total. The zero-order chi connectivity index (χ0) is 15.6. The number of aryl methyl sites for hydroxylation is 2. The summed E-state index contributed by atoms with van der Waals surface area (Å²) < 4.78 is 4.17. The summed E-state index contributed by atoms with van der Waals surface area (Å²) in [4.78, 5) is 4.32. The summed E-state index contributed by atoms with van der Waals surface area (Å²) in [5.41, 5.74) is 5.57. The number of rotatable bonds is 1. The number of benzene rings is 1. The molecule has 0 amide bonds. The molecule has 3 aromatic rings. The van der Waals surface area contributed by atoms with Crippen molar-refractivity contribution in [2.45, 2.75) is 32.0 Å². The monoisotopic (exact) mass is 306 g/mol.